The summed E-state index contributed by atoms with van der Waals surface area (Å²) in [5.74, 6) is -0.319. The van der Waals surface area contributed by atoms with E-state index in [2.05, 4.69) is 24.3 Å². The molecule has 1 heterocycles. The van der Waals surface area contributed by atoms with Crippen molar-refractivity contribution in [3.8, 4) is 0 Å². The second-order valence-corrected chi connectivity index (χ2v) is 5.65. The summed E-state index contributed by atoms with van der Waals surface area (Å²) in [6.07, 6.45) is 0. The molecule has 2 rings (SSSR count). The molecule has 0 spiro atoms. The van der Waals surface area contributed by atoms with Gasteiger partial charge in [0.1, 0.15) is 5.82 Å². The fourth-order valence-corrected chi connectivity index (χ4v) is 2.57. The highest BCUT2D eigenvalue weighted by atomic mass is 35.5. The summed E-state index contributed by atoms with van der Waals surface area (Å²) in [7, 11) is 0. The minimum atomic E-state index is -0.319. The van der Waals surface area contributed by atoms with E-state index in [0.717, 1.165) is 22.6 Å². The van der Waals surface area contributed by atoms with Crippen LogP contribution in [0.1, 0.15) is 36.8 Å². The number of rotatable bonds is 4. The van der Waals surface area contributed by atoms with E-state index in [1.807, 2.05) is 18.5 Å². The maximum Gasteiger partial charge on any atom is 0.125 e. The number of nitrogens with zero attached hydrogens (tertiary/aromatic N) is 2. The monoisotopic (exact) mass is 295 g/mol. The van der Waals surface area contributed by atoms with Crippen LogP contribution in [0, 0.1) is 19.7 Å². The smallest absolute Gasteiger partial charge is 0.125 e. The highest BCUT2D eigenvalue weighted by Gasteiger charge is 2.13. The average molecular weight is 296 g/mol. The molecule has 1 aromatic carbocycles. The third-order valence-electron chi connectivity index (χ3n) is 3.21. The van der Waals surface area contributed by atoms with Crippen molar-refractivity contribution in [2.45, 2.75) is 40.3 Å². The first-order valence-electron chi connectivity index (χ1n) is 6.63. The van der Waals surface area contributed by atoms with Gasteiger partial charge in [-0.05, 0) is 51.5 Å². The Morgan fingerprint density at radius 1 is 1.30 bits per heavy atom. The highest BCUT2D eigenvalue weighted by molar-refractivity contribution is 6.30. The Morgan fingerprint density at radius 3 is 2.55 bits per heavy atom. The molecule has 1 N–H and O–H groups in total. The lowest BCUT2D eigenvalue weighted by Crippen LogP contribution is -2.06. The number of aromatic nitrogens is 2. The van der Waals surface area contributed by atoms with Gasteiger partial charge in [0.15, 0.2) is 0 Å². The Hall–Kier alpha value is -1.55. The predicted molar refractivity (Wildman–Crippen MR) is 80.8 cm³/mol. The minimum Gasteiger partial charge on any atom is -0.378 e. The summed E-state index contributed by atoms with van der Waals surface area (Å²) in [4.78, 5) is 0. The van der Waals surface area contributed by atoms with Crippen LogP contribution in [0.2, 0.25) is 5.02 Å². The molecule has 108 valence electrons. The van der Waals surface area contributed by atoms with E-state index in [0.29, 0.717) is 17.6 Å². The Morgan fingerprint density at radius 2 is 2.00 bits per heavy atom. The second-order valence-electron chi connectivity index (χ2n) is 5.22. The third-order valence-corrected chi connectivity index (χ3v) is 3.42. The first-order valence-corrected chi connectivity index (χ1v) is 7.01. The van der Waals surface area contributed by atoms with Gasteiger partial charge in [0.25, 0.3) is 0 Å². The topological polar surface area (TPSA) is 29.9 Å². The van der Waals surface area contributed by atoms with Crippen molar-refractivity contribution in [3.63, 3.8) is 0 Å². The Kier molecular flexibility index (Phi) is 4.33. The third kappa shape index (κ3) is 3.12. The predicted octanol–water partition coefficient (Wildman–Crippen LogP) is 4.49. The minimum absolute atomic E-state index is 0.313. The Balaban J connectivity index is 2.19. The fourth-order valence-electron chi connectivity index (χ4n) is 2.33. The molecule has 0 unspecified atom stereocenters. The van der Waals surface area contributed by atoms with Gasteiger partial charge < -0.3 is 5.32 Å². The molecule has 0 saturated carbocycles. The Bertz CT molecular complexity index is 600. The number of hydrogen-bond acceptors (Lipinski definition) is 2. The summed E-state index contributed by atoms with van der Waals surface area (Å²) in [5, 5.41) is 8.24. The lowest BCUT2D eigenvalue weighted by Gasteiger charge is -2.10. The Labute approximate surface area is 123 Å². The van der Waals surface area contributed by atoms with E-state index in [1.165, 1.54) is 12.1 Å². The SMILES string of the molecule is Cc1nn(C(C)C)c(C)c1NCc1cc(F)cc(Cl)c1. The molecule has 0 amide bonds. The van der Waals surface area contributed by atoms with Gasteiger partial charge in [0, 0.05) is 17.6 Å². The molecule has 5 heteroatoms. The number of nitrogens with one attached hydrogen (secondary N) is 1. The van der Waals surface area contributed by atoms with Gasteiger partial charge >= 0.3 is 0 Å². The van der Waals surface area contributed by atoms with Crippen molar-refractivity contribution in [3.05, 3.63) is 46.0 Å². The normalized spacial score (nSPS) is 11.2. The molecular formula is C15H19ClFN3. The van der Waals surface area contributed by atoms with Gasteiger partial charge in [-0.15, -0.1) is 0 Å². The van der Waals surface area contributed by atoms with Crippen LogP contribution in [-0.2, 0) is 6.54 Å². The summed E-state index contributed by atoms with van der Waals surface area (Å²) in [6.45, 7) is 8.70. The molecule has 0 bridgehead atoms. The highest BCUT2D eigenvalue weighted by Crippen LogP contribution is 2.23. The van der Waals surface area contributed by atoms with Crippen LogP contribution >= 0.6 is 11.6 Å². The van der Waals surface area contributed by atoms with Gasteiger partial charge in [0.05, 0.1) is 17.1 Å². The van der Waals surface area contributed by atoms with E-state index < -0.39 is 0 Å². The van der Waals surface area contributed by atoms with E-state index in [9.17, 15) is 4.39 Å². The van der Waals surface area contributed by atoms with Gasteiger partial charge in [-0.25, -0.2) is 4.39 Å². The second kappa shape index (κ2) is 5.83. The maximum absolute atomic E-state index is 13.3. The molecule has 0 fully saturated rings. The van der Waals surface area contributed by atoms with Crippen LogP contribution in [0.15, 0.2) is 18.2 Å². The average Bonchev–Trinajstić information content (AvgIpc) is 2.61. The first kappa shape index (κ1) is 14.9. The molecular weight excluding hydrogens is 277 g/mol. The standard InChI is InChI=1S/C15H19ClFN3/c1-9(2)20-11(4)15(10(3)19-20)18-8-12-5-13(16)7-14(17)6-12/h5-7,9,18H,8H2,1-4H3. The maximum atomic E-state index is 13.3. The molecule has 0 aliphatic rings. The molecule has 0 aliphatic heterocycles. The number of halogens is 2. The van der Waals surface area contributed by atoms with Crippen LogP contribution in [-0.4, -0.2) is 9.78 Å². The van der Waals surface area contributed by atoms with Crippen molar-refractivity contribution in [1.29, 1.82) is 0 Å². The van der Waals surface area contributed by atoms with E-state index >= 15 is 0 Å². The van der Waals surface area contributed by atoms with E-state index in [1.54, 1.807) is 6.07 Å². The zero-order chi connectivity index (χ0) is 14.9. The van der Waals surface area contributed by atoms with Crippen LogP contribution in [0.5, 0.6) is 0 Å². The molecule has 20 heavy (non-hydrogen) atoms. The molecule has 3 nitrogen and oxygen atoms in total. The number of benzene rings is 1. The van der Waals surface area contributed by atoms with E-state index in [-0.39, 0.29) is 5.82 Å². The lowest BCUT2D eigenvalue weighted by atomic mass is 10.2. The van der Waals surface area contributed by atoms with Crippen LogP contribution < -0.4 is 5.32 Å². The molecule has 2 aromatic rings. The molecule has 0 atom stereocenters. The molecule has 1 aromatic heterocycles. The van der Waals surface area contributed by atoms with Gasteiger partial charge in [-0.2, -0.15) is 5.10 Å². The summed E-state index contributed by atoms with van der Waals surface area (Å²) in [6, 6.07) is 4.86. The number of anilines is 1. The van der Waals surface area contributed by atoms with Crippen molar-refractivity contribution in [2.24, 2.45) is 0 Å². The summed E-state index contributed by atoms with van der Waals surface area (Å²) >= 11 is 5.86. The van der Waals surface area contributed by atoms with Crippen LogP contribution in [0.4, 0.5) is 10.1 Å². The van der Waals surface area contributed by atoms with Gasteiger partial charge in [0.2, 0.25) is 0 Å². The zero-order valence-electron chi connectivity index (χ0n) is 12.2. The first-order chi connectivity index (χ1) is 9.38. The number of aryl methyl sites for hydroxylation is 1. The van der Waals surface area contributed by atoms with Crippen molar-refractivity contribution >= 4 is 17.3 Å². The zero-order valence-corrected chi connectivity index (χ0v) is 12.9. The van der Waals surface area contributed by atoms with Gasteiger partial charge in [-0.1, -0.05) is 11.6 Å². The lowest BCUT2D eigenvalue weighted by molar-refractivity contribution is 0.516. The van der Waals surface area contributed by atoms with E-state index in [4.69, 9.17) is 11.6 Å². The van der Waals surface area contributed by atoms with Crippen LogP contribution in [0.25, 0.3) is 0 Å². The van der Waals surface area contributed by atoms with Gasteiger partial charge in [-0.3, -0.25) is 4.68 Å². The van der Waals surface area contributed by atoms with Crippen molar-refractivity contribution in [2.75, 3.05) is 5.32 Å². The summed E-state index contributed by atoms with van der Waals surface area (Å²) < 4.78 is 15.3. The number of hydrogen-bond donors (Lipinski definition) is 1. The molecule has 0 radical (unpaired) electrons. The molecule has 0 aliphatic carbocycles. The summed E-state index contributed by atoms with van der Waals surface area (Å²) in [5.41, 5.74) is 3.84. The van der Waals surface area contributed by atoms with Crippen molar-refractivity contribution < 1.29 is 4.39 Å². The molecule has 0 saturated heterocycles. The van der Waals surface area contributed by atoms with Crippen molar-refractivity contribution in [1.82, 2.24) is 9.78 Å². The van der Waals surface area contributed by atoms with Crippen LogP contribution in [0.3, 0.4) is 0 Å². The largest absolute Gasteiger partial charge is 0.378 e. The fraction of sp³-hybridized carbons (Fsp3) is 0.400. The quantitative estimate of drug-likeness (QED) is 0.901.